The third kappa shape index (κ3) is 6.13. The molecular formula is C25H32N2O5S. The number of ether oxygens (including phenoxy) is 1. The third-order valence-electron chi connectivity index (χ3n) is 5.96. The first-order valence-electron chi connectivity index (χ1n) is 11.2. The number of aryl methyl sites for hydroxylation is 2. The summed E-state index contributed by atoms with van der Waals surface area (Å²) in [5, 5.41) is 0. The number of sulfonamides is 1. The smallest absolute Gasteiger partial charge is 0.309 e. The van der Waals surface area contributed by atoms with E-state index in [4.69, 9.17) is 4.74 Å². The molecule has 0 bridgehead atoms. The van der Waals surface area contributed by atoms with Gasteiger partial charge in [0, 0.05) is 18.7 Å². The molecule has 1 saturated heterocycles. The summed E-state index contributed by atoms with van der Waals surface area (Å²) in [5.41, 5.74) is 3.85. The number of piperidine rings is 1. The lowest BCUT2D eigenvalue weighted by molar-refractivity contribution is -0.149. The largest absolute Gasteiger partial charge is 0.466 e. The molecule has 178 valence electrons. The molecule has 7 nitrogen and oxygen atoms in total. The molecule has 8 heteroatoms. The monoisotopic (exact) mass is 472 g/mol. The van der Waals surface area contributed by atoms with E-state index in [2.05, 4.69) is 0 Å². The van der Waals surface area contributed by atoms with E-state index >= 15 is 0 Å². The lowest BCUT2D eigenvalue weighted by atomic mass is 9.96. The van der Waals surface area contributed by atoms with Crippen molar-refractivity contribution in [2.24, 2.45) is 5.92 Å². The number of likely N-dealkylation sites (tertiary alicyclic amines) is 1. The van der Waals surface area contributed by atoms with Crippen molar-refractivity contribution in [1.82, 2.24) is 4.90 Å². The summed E-state index contributed by atoms with van der Waals surface area (Å²) >= 11 is 0. The topological polar surface area (TPSA) is 84.0 Å². The molecule has 0 unspecified atom stereocenters. The number of anilines is 1. The number of carbonyl (C=O) groups excluding carboxylic acids is 2. The van der Waals surface area contributed by atoms with Crippen LogP contribution in [0.4, 0.5) is 5.69 Å². The molecule has 0 aromatic heterocycles. The molecule has 0 saturated carbocycles. The lowest BCUT2D eigenvalue weighted by Gasteiger charge is -2.31. The lowest BCUT2D eigenvalue weighted by Crippen LogP contribution is -2.40. The van der Waals surface area contributed by atoms with Gasteiger partial charge in [0.1, 0.15) is 0 Å². The van der Waals surface area contributed by atoms with E-state index < -0.39 is 10.0 Å². The van der Waals surface area contributed by atoms with Crippen LogP contribution < -0.4 is 4.31 Å². The summed E-state index contributed by atoms with van der Waals surface area (Å²) in [6.45, 7) is 7.18. The second-order valence-electron chi connectivity index (χ2n) is 8.58. The fourth-order valence-corrected chi connectivity index (χ4v) is 4.99. The highest BCUT2D eigenvalue weighted by Crippen LogP contribution is 2.26. The molecule has 33 heavy (non-hydrogen) atoms. The molecule has 1 fully saturated rings. The van der Waals surface area contributed by atoms with Crippen LogP contribution in [0.25, 0.3) is 0 Å². The van der Waals surface area contributed by atoms with Crippen molar-refractivity contribution in [1.29, 1.82) is 0 Å². The quantitative estimate of drug-likeness (QED) is 0.574. The maximum Gasteiger partial charge on any atom is 0.309 e. The van der Waals surface area contributed by atoms with E-state index in [0.29, 0.717) is 43.8 Å². The van der Waals surface area contributed by atoms with Crippen molar-refractivity contribution in [3.05, 3.63) is 64.7 Å². The van der Waals surface area contributed by atoms with Gasteiger partial charge in [0.2, 0.25) is 10.0 Å². The van der Waals surface area contributed by atoms with E-state index in [1.54, 1.807) is 36.1 Å². The molecule has 0 spiro atoms. The van der Waals surface area contributed by atoms with Gasteiger partial charge in [-0.3, -0.25) is 13.9 Å². The Kier molecular flexibility index (Phi) is 7.79. The minimum Gasteiger partial charge on any atom is -0.466 e. The summed E-state index contributed by atoms with van der Waals surface area (Å²) in [6.07, 6.45) is 2.40. The summed E-state index contributed by atoms with van der Waals surface area (Å²) in [5.74, 6) is -0.421. The summed E-state index contributed by atoms with van der Waals surface area (Å²) in [7, 11) is -3.50. The van der Waals surface area contributed by atoms with Gasteiger partial charge < -0.3 is 9.64 Å². The molecule has 0 atom stereocenters. The first-order chi connectivity index (χ1) is 15.6. The van der Waals surface area contributed by atoms with E-state index in [0.717, 1.165) is 16.7 Å². The van der Waals surface area contributed by atoms with Gasteiger partial charge in [-0.05, 0) is 68.5 Å². The van der Waals surface area contributed by atoms with E-state index in [9.17, 15) is 18.0 Å². The van der Waals surface area contributed by atoms with Crippen LogP contribution in [0.1, 0.15) is 46.8 Å². The van der Waals surface area contributed by atoms with Crippen molar-refractivity contribution in [3.8, 4) is 0 Å². The maximum atomic E-state index is 12.9. The number of benzene rings is 2. The molecule has 1 aliphatic rings. The van der Waals surface area contributed by atoms with E-state index in [1.807, 2.05) is 32.0 Å². The number of rotatable bonds is 7. The van der Waals surface area contributed by atoms with Crippen molar-refractivity contribution >= 4 is 27.6 Å². The normalized spacial score (nSPS) is 14.7. The molecule has 1 amide bonds. The molecule has 1 heterocycles. The maximum absolute atomic E-state index is 12.9. The van der Waals surface area contributed by atoms with Crippen LogP contribution in [-0.2, 0) is 26.1 Å². The van der Waals surface area contributed by atoms with Gasteiger partial charge in [0.15, 0.2) is 0 Å². The highest BCUT2D eigenvalue weighted by Gasteiger charge is 2.28. The van der Waals surface area contributed by atoms with Crippen molar-refractivity contribution in [3.63, 3.8) is 0 Å². The zero-order valence-corrected chi connectivity index (χ0v) is 20.5. The van der Waals surface area contributed by atoms with Crippen LogP contribution in [-0.4, -0.2) is 51.1 Å². The van der Waals surface area contributed by atoms with Gasteiger partial charge in [-0.15, -0.1) is 0 Å². The Bertz CT molecular complexity index is 1100. The average Bonchev–Trinajstić information content (AvgIpc) is 2.79. The van der Waals surface area contributed by atoms with E-state index in [1.165, 1.54) is 10.6 Å². The minimum atomic E-state index is -3.50. The average molecular weight is 473 g/mol. The first kappa shape index (κ1) is 24.8. The summed E-state index contributed by atoms with van der Waals surface area (Å²) in [4.78, 5) is 26.6. The van der Waals surface area contributed by atoms with Crippen molar-refractivity contribution in [2.75, 3.05) is 30.3 Å². The number of esters is 1. The van der Waals surface area contributed by atoms with Gasteiger partial charge >= 0.3 is 5.97 Å². The van der Waals surface area contributed by atoms with Crippen LogP contribution in [0.5, 0.6) is 0 Å². The zero-order valence-electron chi connectivity index (χ0n) is 19.7. The zero-order chi connectivity index (χ0) is 24.2. The Hall–Kier alpha value is -2.87. The third-order valence-corrected chi connectivity index (χ3v) is 7.09. The standard InChI is InChI=1S/C25H32N2O5S/c1-5-32-25(29)22-12-14-26(15-13-22)24(28)21-10-8-20(9-11-21)17-27(33(4,30)31)23-16-18(2)6-7-19(23)3/h6-11,16,22H,5,12-15,17H2,1-4H3. The molecule has 1 aliphatic heterocycles. The number of carbonyl (C=O) groups is 2. The molecule has 0 N–H and O–H groups in total. The van der Waals surface area contributed by atoms with Gasteiger partial charge in [-0.25, -0.2) is 8.42 Å². The van der Waals surface area contributed by atoms with Gasteiger partial charge in [-0.1, -0.05) is 24.3 Å². The fourth-order valence-electron chi connectivity index (χ4n) is 4.05. The van der Waals surface area contributed by atoms with Crippen LogP contribution in [0.3, 0.4) is 0 Å². The number of hydrogen-bond donors (Lipinski definition) is 0. The molecule has 3 rings (SSSR count). The second-order valence-corrected chi connectivity index (χ2v) is 10.5. The molecule has 2 aromatic rings. The number of hydrogen-bond acceptors (Lipinski definition) is 5. The Balaban J connectivity index is 1.70. The minimum absolute atomic E-state index is 0.0849. The molecule has 0 aliphatic carbocycles. The molecule has 0 radical (unpaired) electrons. The van der Waals surface area contributed by atoms with Crippen molar-refractivity contribution < 1.29 is 22.7 Å². The molecule has 2 aromatic carbocycles. The Morgan fingerprint density at radius 2 is 1.70 bits per heavy atom. The van der Waals surface area contributed by atoms with Crippen LogP contribution in [0.2, 0.25) is 0 Å². The Morgan fingerprint density at radius 3 is 2.27 bits per heavy atom. The molecular weight excluding hydrogens is 440 g/mol. The Labute approximate surface area is 196 Å². The predicted octanol–water partition coefficient (Wildman–Crippen LogP) is 3.68. The van der Waals surface area contributed by atoms with Gasteiger partial charge in [0.05, 0.1) is 31.0 Å². The van der Waals surface area contributed by atoms with Gasteiger partial charge in [0.25, 0.3) is 5.91 Å². The first-order valence-corrected chi connectivity index (χ1v) is 13.0. The Morgan fingerprint density at radius 1 is 1.06 bits per heavy atom. The van der Waals surface area contributed by atoms with E-state index in [-0.39, 0.29) is 24.3 Å². The van der Waals surface area contributed by atoms with Crippen LogP contribution in [0, 0.1) is 19.8 Å². The second kappa shape index (κ2) is 10.4. The van der Waals surface area contributed by atoms with Crippen molar-refractivity contribution in [2.45, 2.75) is 40.2 Å². The fraction of sp³-hybridized carbons (Fsp3) is 0.440. The highest BCUT2D eigenvalue weighted by molar-refractivity contribution is 7.92. The van der Waals surface area contributed by atoms with Gasteiger partial charge in [-0.2, -0.15) is 0 Å². The number of amides is 1. The summed E-state index contributed by atoms with van der Waals surface area (Å²) < 4.78 is 31.5. The van der Waals surface area contributed by atoms with Crippen LogP contribution in [0.15, 0.2) is 42.5 Å². The van der Waals surface area contributed by atoms with Crippen LogP contribution >= 0.6 is 0 Å². The highest BCUT2D eigenvalue weighted by atomic mass is 32.2. The number of nitrogens with zero attached hydrogens (tertiary/aromatic N) is 2. The predicted molar refractivity (Wildman–Crippen MR) is 129 cm³/mol. The summed E-state index contributed by atoms with van der Waals surface area (Å²) in [6, 6.07) is 12.8. The SMILES string of the molecule is CCOC(=O)C1CCN(C(=O)c2ccc(CN(c3cc(C)ccc3C)S(C)(=O)=O)cc2)CC1.